The Morgan fingerprint density at radius 3 is 2.29 bits per heavy atom. The zero-order valence-corrected chi connectivity index (χ0v) is 20.5. The van der Waals surface area contributed by atoms with E-state index in [1.54, 1.807) is 12.1 Å². The predicted octanol–water partition coefficient (Wildman–Crippen LogP) is 6.07. The molecule has 2 N–H and O–H groups in total. The van der Waals surface area contributed by atoms with Crippen molar-refractivity contribution in [3.05, 3.63) is 95.8 Å². The molecule has 0 radical (unpaired) electrons. The number of nitrogens with zero attached hydrogens (tertiary/aromatic N) is 2. The number of fused-ring (bicyclic) bond motifs is 1. The minimum absolute atomic E-state index is 0.100. The fourth-order valence-electron chi connectivity index (χ4n) is 4.21. The fourth-order valence-corrected chi connectivity index (χ4v) is 4.21. The maximum absolute atomic E-state index is 13.1. The van der Waals surface area contributed by atoms with Gasteiger partial charge in [0.1, 0.15) is 12.4 Å². The molecule has 0 aliphatic heterocycles. The normalized spacial score (nSPS) is 12.0. The summed E-state index contributed by atoms with van der Waals surface area (Å²) >= 11 is 0. The summed E-state index contributed by atoms with van der Waals surface area (Å²) in [4.78, 5) is 30.9. The van der Waals surface area contributed by atoms with Gasteiger partial charge in [0.15, 0.2) is 0 Å². The smallest absolute Gasteiger partial charge is 0.251 e. The van der Waals surface area contributed by atoms with Crippen molar-refractivity contribution in [2.75, 3.05) is 5.32 Å². The second kappa shape index (κ2) is 11.0. The number of carbonyl (C=O) groups excluding carboxylic acids is 2. The molecule has 1 aromatic heterocycles. The van der Waals surface area contributed by atoms with Crippen molar-refractivity contribution < 1.29 is 9.59 Å². The lowest BCUT2D eigenvalue weighted by Gasteiger charge is -2.20. The summed E-state index contributed by atoms with van der Waals surface area (Å²) in [5.74, 6) is 0.817. The molecular formula is C29H32N4O2. The molecule has 0 fully saturated rings. The lowest BCUT2D eigenvalue weighted by molar-refractivity contribution is -0.116. The number of nitrogens with one attached hydrogen (secondary N) is 2. The number of benzene rings is 3. The third-order valence-electron chi connectivity index (χ3n) is 6.08. The highest BCUT2D eigenvalue weighted by atomic mass is 16.2. The van der Waals surface area contributed by atoms with Crippen LogP contribution in [0.4, 0.5) is 5.69 Å². The highest BCUT2D eigenvalue weighted by molar-refractivity contribution is 5.94. The van der Waals surface area contributed by atoms with E-state index in [0.29, 0.717) is 23.7 Å². The van der Waals surface area contributed by atoms with Crippen LogP contribution in [0.1, 0.15) is 67.3 Å². The van der Waals surface area contributed by atoms with E-state index in [2.05, 4.69) is 31.4 Å². The maximum Gasteiger partial charge on any atom is 0.251 e. The molecule has 0 unspecified atom stereocenters. The van der Waals surface area contributed by atoms with Crippen LogP contribution in [0.2, 0.25) is 0 Å². The SMILES string of the molecule is CCC[C@H](NC(=O)c1ccccc1)c1nc2ccccc2n1CC(=O)Nc1ccc(C(C)C)cc1. The van der Waals surface area contributed by atoms with Gasteiger partial charge in [-0.15, -0.1) is 0 Å². The van der Waals surface area contributed by atoms with Crippen molar-refractivity contribution in [1.82, 2.24) is 14.9 Å². The number of carbonyl (C=O) groups is 2. The number of hydrogen-bond acceptors (Lipinski definition) is 3. The molecule has 6 heteroatoms. The van der Waals surface area contributed by atoms with Crippen LogP contribution in [-0.4, -0.2) is 21.4 Å². The average Bonchev–Trinajstić information content (AvgIpc) is 3.22. The molecule has 1 heterocycles. The van der Waals surface area contributed by atoms with Gasteiger partial charge in [-0.05, 0) is 54.3 Å². The van der Waals surface area contributed by atoms with E-state index in [1.165, 1.54) is 5.56 Å². The van der Waals surface area contributed by atoms with E-state index in [4.69, 9.17) is 4.98 Å². The minimum Gasteiger partial charge on any atom is -0.342 e. The summed E-state index contributed by atoms with van der Waals surface area (Å²) in [5.41, 5.74) is 4.24. The van der Waals surface area contributed by atoms with Crippen molar-refractivity contribution in [1.29, 1.82) is 0 Å². The summed E-state index contributed by atoms with van der Waals surface area (Å²) in [6, 6.07) is 24.5. The zero-order valence-electron chi connectivity index (χ0n) is 20.5. The van der Waals surface area contributed by atoms with Crippen LogP contribution in [0.5, 0.6) is 0 Å². The molecule has 3 aromatic carbocycles. The lowest BCUT2D eigenvalue weighted by Crippen LogP contribution is -2.31. The Balaban J connectivity index is 1.61. The van der Waals surface area contributed by atoms with Crippen molar-refractivity contribution in [2.24, 2.45) is 0 Å². The molecule has 0 bridgehead atoms. The van der Waals surface area contributed by atoms with E-state index < -0.39 is 0 Å². The Labute approximate surface area is 206 Å². The van der Waals surface area contributed by atoms with Crippen LogP contribution < -0.4 is 10.6 Å². The van der Waals surface area contributed by atoms with E-state index in [0.717, 1.165) is 23.1 Å². The molecule has 180 valence electrons. The number of amides is 2. The van der Waals surface area contributed by atoms with Crippen molar-refractivity contribution in [2.45, 2.75) is 52.1 Å². The van der Waals surface area contributed by atoms with Gasteiger partial charge in [-0.2, -0.15) is 0 Å². The Hall–Kier alpha value is -3.93. The number of hydrogen-bond donors (Lipinski definition) is 2. The van der Waals surface area contributed by atoms with Gasteiger partial charge in [0.05, 0.1) is 17.1 Å². The largest absolute Gasteiger partial charge is 0.342 e. The number of imidazole rings is 1. The predicted molar refractivity (Wildman–Crippen MR) is 140 cm³/mol. The van der Waals surface area contributed by atoms with Gasteiger partial charge < -0.3 is 15.2 Å². The van der Waals surface area contributed by atoms with Crippen LogP contribution in [0.15, 0.2) is 78.9 Å². The Morgan fingerprint density at radius 2 is 1.60 bits per heavy atom. The molecule has 0 aliphatic rings. The highest BCUT2D eigenvalue weighted by Crippen LogP contribution is 2.25. The first kappa shape index (κ1) is 24.2. The molecular weight excluding hydrogens is 436 g/mol. The van der Waals surface area contributed by atoms with Crippen LogP contribution in [0.25, 0.3) is 11.0 Å². The molecule has 4 aromatic rings. The van der Waals surface area contributed by atoms with Gasteiger partial charge in [0.25, 0.3) is 5.91 Å². The van der Waals surface area contributed by atoms with Gasteiger partial charge in [-0.1, -0.05) is 69.7 Å². The first-order valence-electron chi connectivity index (χ1n) is 12.2. The van der Waals surface area contributed by atoms with Crippen molar-refractivity contribution in [3.8, 4) is 0 Å². The molecule has 1 atom stereocenters. The summed E-state index contributed by atoms with van der Waals surface area (Å²) in [6.45, 7) is 6.45. The molecule has 4 rings (SSSR count). The summed E-state index contributed by atoms with van der Waals surface area (Å²) in [5, 5.41) is 6.14. The van der Waals surface area contributed by atoms with Crippen LogP contribution in [0.3, 0.4) is 0 Å². The summed E-state index contributed by atoms with van der Waals surface area (Å²) < 4.78 is 1.92. The number of rotatable bonds is 9. The summed E-state index contributed by atoms with van der Waals surface area (Å²) in [6.07, 6.45) is 1.57. The van der Waals surface area contributed by atoms with E-state index in [9.17, 15) is 9.59 Å². The van der Waals surface area contributed by atoms with E-state index >= 15 is 0 Å². The van der Waals surface area contributed by atoms with Gasteiger partial charge in [-0.25, -0.2) is 4.98 Å². The Bertz CT molecular complexity index is 1290. The second-order valence-electron chi connectivity index (χ2n) is 9.05. The third kappa shape index (κ3) is 5.77. The minimum atomic E-state index is -0.321. The average molecular weight is 469 g/mol. The topological polar surface area (TPSA) is 76.0 Å². The van der Waals surface area contributed by atoms with Gasteiger partial charge >= 0.3 is 0 Å². The van der Waals surface area contributed by atoms with Crippen LogP contribution in [0, 0.1) is 0 Å². The van der Waals surface area contributed by atoms with E-state index in [1.807, 2.05) is 71.3 Å². The molecule has 0 saturated heterocycles. The van der Waals surface area contributed by atoms with Crippen molar-refractivity contribution in [3.63, 3.8) is 0 Å². The second-order valence-corrected chi connectivity index (χ2v) is 9.05. The zero-order chi connectivity index (χ0) is 24.8. The van der Waals surface area contributed by atoms with Crippen LogP contribution in [-0.2, 0) is 11.3 Å². The van der Waals surface area contributed by atoms with E-state index in [-0.39, 0.29) is 24.4 Å². The first-order chi connectivity index (χ1) is 17.0. The quantitative estimate of drug-likeness (QED) is 0.313. The summed E-state index contributed by atoms with van der Waals surface area (Å²) in [7, 11) is 0. The molecule has 6 nitrogen and oxygen atoms in total. The Morgan fingerprint density at radius 1 is 0.914 bits per heavy atom. The van der Waals surface area contributed by atoms with Gasteiger partial charge in [0.2, 0.25) is 5.91 Å². The van der Waals surface area contributed by atoms with Gasteiger partial charge in [-0.3, -0.25) is 9.59 Å². The monoisotopic (exact) mass is 468 g/mol. The fraction of sp³-hybridized carbons (Fsp3) is 0.276. The number of anilines is 1. The van der Waals surface area contributed by atoms with Crippen LogP contribution >= 0.6 is 0 Å². The molecule has 0 saturated carbocycles. The lowest BCUT2D eigenvalue weighted by atomic mass is 10.0. The number of para-hydroxylation sites is 2. The molecule has 0 spiro atoms. The van der Waals surface area contributed by atoms with Gasteiger partial charge in [0, 0.05) is 11.3 Å². The maximum atomic E-state index is 13.1. The first-order valence-corrected chi connectivity index (χ1v) is 12.2. The standard InChI is InChI=1S/C29H32N4O2/c1-4-10-25(32-29(35)22-11-6-5-7-12-22)28-31-24-13-8-9-14-26(24)33(28)19-27(34)30-23-17-15-21(16-18-23)20(2)3/h5-9,11-18,20,25H,4,10,19H2,1-3H3,(H,30,34)(H,32,35)/t25-/m0/s1. The molecule has 0 aliphatic carbocycles. The Kier molecular flexibility index (Phi) is 7.60. The molecule has 2 amide bonds. The molecule has 35 heavy (non-hydrogen) atoms. The van der Waals surface area contributed by atoms with Crippen molar-refractivity contribution >= 4 is 28.5 Å². The third-order valence-corrected chi connectivity index (χ3v) is 6.08. The number of aromatic nitrogens is 2. The highest BCUT2D eigenvalue weighted by Gasteiger charge is 2.23.